The van der Waals surface area contributed by atoms with Crippen LogP contribution in [0.5, 0.6) is 0 Å². The Morgan fingerprint density at radius 3 is 2.29 bits per heavy atom. The highest BCUT2D eigenvalue weighted by Gasteiger charge is 2.23. The molecule has 0 aliphatic carbocycles. The zero-order valence-electron chi connectivity index (χ0n) is 18.7. The highest BCUT2D eigenvalue weighted by atomic mass is 32.2. The minimum atomic E-state index is -3.62. The van der Waals surface area contributed by atoms with E-state index in [1.165, 1.54) is 20.2 Å². The van der Waals surface area contributed by atoms with E-state index in [-0.39, 0.29) is 16.7 Å². The minimum absolute atomic E-state index is 0.0484. The summed E-state index contributed by atoms with van der Waals surface area (Å²) >= 11 is 0. The van der Waals surface area contributed by atoms with Gasteiger partial charge in [0.1, 0.15) is 0 Å². The van der Waals surface area contributed by atoms with Gasteiger partial charge in [0.2, 0.25) is 10.0 Å². The Balaban J connectivity index is 1.97. The fraction of sp³-hybridized carbons (Fsp3) is 0.304. The second-order valence-electron chi connectivity index (χ2n) is 8.07. The molecule has 0 saturated heterocycles. The third-order valence-electron chi connectivity index (χ3n) is 5.08. The Bertz CT molecular complexity index is 1210. The Kier molecular flexibility index (Phi) is 6.33. The van der Waals surface area contributed by atoms with Crippen LogP contribution in [0.1, 0.15) is 46.9 Å². The van der Waals surface area contributed by atoms with Gasteiger partial charge in [-0.1, -0.05) is 37.6 Å². The van der Waals surface area contributed by atoms with Gasteiger partial charge in [-0.05, 0) is 49.6 Å². The number of aromatic nitrogens is 2. The van der Waals surface area contributed by atoms with Crippen molar-refractivity contribution >= 4 is 21.6 Å². The Labute approximate surface area is 183 Å². The summed E-state index contributed by atoms with van der Waals surface area (Å²) in [5.74, 6) is -0.286. The zero-order chi connectivity index (χ0) is 22.9. The van der Waals surface area contributed by atoms with E-state index in [0.29, 0.717) is 16.8 Å². The number of hydrogen-bond donors (Lipinski definition) is 1. The van der Waals surface area contributed by atoms with E-state index in [2.05, 4.69) is 10.4 Å². The van der Waals surface area contributed by atoms with Crippen molar-refractivity contribution in [1.29, 1.82) is 0 Å². The molecule has 0 atom stereocenters. The average molecular weight is 441 g/mol. The van der Waals surface area contributed by atoms with Crippen LogP contribution in [0.4, 0.5) is 5.69 Å². The maximum atomic E-state index is 13.1. The summed E-state index contributed by atoms with van der Waals surface area (Å²) in [6.07, 6.45) is 1.55. The molecule has 0 aliphatic rings. The maximum absolute atomic E-state index is 13.1. The lowest BCUT2D eigenvalue weighted by Gasteiger charge is -2.16. The molecule has 0 saturated carbocycles. The summed E-state index contributed by atoms with van der Waals surface area (Å²) in [6, 6.07) is 12.8. The first-order chi connectivity index (χ1) is 14.5. The van der Waals surface area contributed by atoms with E-state index in [9.17, 15) is 13.2 Å². The Morgan fingerprint density at radius 1 is 1.06 bits per heavy atom. The molecule has 7 nitrogen and oxygen atoms in total. The van der Waals surface area contributed by atoms with Crippen LogP contribution >= 0.6 is 0 Å². The molecule has 0 unspecified atom stereocenters. The second kappa shape index (κ2) is 8.64. The first kappa shape index (κ1) is 22.7. The molecule has 1 aromatic heterocycles. The second-order valence-corrected chi connectivity index (χ2v) is 10.2. The molecule has 0 bridgehead atoms. The van der Waals surface area contributed by atoms with Gasteiger partial charge in [-0.3, -0.25) is 4.79 Å². The highest BCUT2D eigenvalue weighted by Crippen LogP contribution is 2.26. The van der Waals surface area contributed by atoms with E-state index in [0.717, 1.165) is 21.2 Å². The van der Waals surface area contributed by atoms with Gasteiger partial charge in [0.25, 0.3) is 5.91 Å². The summed E-state index contributed by atoms with van der Waals surface area (Å²) < 4.78 is 28.1. The third-order valence-corrected chi connectivity index (χ3v) is 7.04. The Hall–Kier alpha value is -2.97. The van der Waals surface area contributed by atoms with Crippen molar-refractivity contribution in [1.82, 2.24) is 14.1 Å². The number of carbonyl (C=O) groups excluding carboxylic acids is 1. The van der Waals surface area contributed by atoms with Gasteiger partial charge in [-0.15, -0.1) is 0 Å². The standard InChI is InChI=1S/C23H28N4O3S/c1-15(2)22-20(14-24-27(22)19-11-7-16(3)8-12-19)23(28)25-18-10-9-17(4)21(13-18)31(29,30)26(5)6/h7-15H,1-6H3,(H,25,28). The van der Waals surface area contributed by atoms with Gasteiger partial charge in [-0.25, -0.2) is 17.4 Å². The predicted octanol–water partition coefficient (Wildman–Crippen LogP) is 4.12. The van der Waals surface area contributed by atoms with Crippen molar-refractivity contribution in [3.8, 4) is 5.69 Å². The van der Waals surface area contributed by atoms with Crippen molar-refractivity contribution in [2.75, 3.05) is 19.4 Å². The number of sulfonamides is 1. The molecule has 164 valence electrons. The van der Waals surface area contributed by atoms with Crippen LogP contribution < -0.4 is 5.32 Å². The lowest BCUT2D eigenvalue weighted by molar-refractivity contribution is 0.102. The van der Waals surface area contributed by atoms with Crippen LogP contribution in [-0.2, 0) is 10.0 Å². The molecule has 3 rings (SSSR count). The molecule has 3 aromatic rings. The van der Waals surface area contributed by atoms with Crippen LogP contribution in [-0.4, -0.2) is 42.5 Å². The van der Waals surface area contributed by atoms with E-state index >= 15 is 0 Å². The summed E-state index contributed by atoms with van der Waals surface area (Å²) in [6.45, 7) is 7.75. The number of aryl methyl sites for hydroxylation is 2. The molecule has 31 heavy (non-hydrogen) atoms. The summed E-state index contributed by atoms with van der Waals surface area (Å²) in [7, 11) is -0.661. The molecule has 1 heterocycles. The molecule has 8 heteroatoms. The molecular formula is C23H28N4O3S. The van der Waals surface area contributed by atoms with Crippen LogP contribution in [0.25, 0.3) is 5.69 Å². The topological polar surface area (TPSA) is 84.3 Å². The summed E-state index contributed by atoms with van der Waals surface area (Å²) in [4.78, 5) is 13.3. The minimum Gasteiger partial charge on any atom is -0.322 e. The monoisotopic (exact) mass is 440 g/mol. The van der Waals surface area contributed by atoms with Gasteiger partial charge in [0, 0.05) is 19.8 Å². The summed E-state index contributed by atoms with van der Waals surface area (Å²) in [5.41, 5.74) is 4.28. The number of nitrogens with zero attached hydrogens (tertiary/aromatic N) is 3. The summed E-state index contributed by atoms with van der Waals surface area (Å²) in [5, 5.41) is 7.28. The van der Waals surface area contributed by atoms with E-state index in [1.54, 1.807) is 29.9 Å². The normalized spacial score (nSPS) is 11.9. The Morgan fingerprint density at radius 2 is 1.71 bits per heavy atom. The molecule has 0 radical (unpaired) electrons. The molecule has 1 N–H and O–H groups in total. The van der Waals surface area contributed by atoms with E-state index in [4.69, 9.17) is 0 Å². The average Bonchev–Trinajstić information content (AvgIpc) is 3.15. The molecule has 0 fully saturated rings. The van der Waals surface area contributed by atoms with Crippen molar-refractivity contribution < 1.29 is 13.2 Å². The zero-order valence-corrected chi connectivity index (χ0v) is 19.5. The molecule has 2 aromatic carbocycles. The van der Waals surface area contributed by atoms with Gasteiger partial charge in [0.15, 0.2) is 0 Å². The number of benzene rings is 2. The molecule has 0 spiro atoms. The van der Waals surface area contributed by atoms with Crippen molar-refractivity contribution in [3.63, 3.8) is 0 Å². The third kappa shape index (κ3) is 4.55. The number of anilines is 1. The van der Waals surface area contributed by atoms with E-state index < -0.39 is 10.0 Å². The van der Waals surface area contributed by atoms with Gasteiger partial charge in [-0.2, -0.15) is 5.10 Å². The van der Waals surface area contributed by atoms with Crippen LogP contribution in [0.2, 0.25) is 0 Å². The van der Waals surface area contributed by atoms with Crippen molar-refractivity contribution in [2.45, 2.75) is 38.5 Å². The van der Waals surface area contributed by atoms with Gasteiger partial charge in [0.05, 0.1) is 28.0 Å². The SMILES string of the molecule is Cc1ccc(-n2ncc(C(=O)Nc3ccc(C)c(S(=O)(=O)N(C)C)c3)c2C(C)C)cc1. The van der Waals surface area contributed by atoms with Crippen LogP contribution in [0, 0.1) is 13.8 Å². The first-order valence-corrected chi connectivity index (χ1v) is 11.5. The predicted molar refractivity (Wildman–Crippen MR) is 122 cm³/mol. The number of hydrogen-bond acceptors (Lipinski definition) is 4. The number of carbonyl (C=O) groups is 1. The lowest BCUT2D eigenvalue weighted by atomic mass is 10.0. The first-order valence-electron chi connectivity index (χ1n) is 10.0. The van der Waals surface area contributed by atoms with Gasteiger partial charge < -0.3 is 5.32 Å². The number of nitrogens with one attached hydrogen (secondary N) is 1. The lowest BCUT2D eigenvalue weighted by Crippen LogP contribution is -2.23. The van der Waals surface area contributed by atoms with Crippen LogP contribution in [0.3, 0.4) is 0 Å². The smallest absolute Gasteiger partial charge is 0.259 e. The molecule has 0 aliphatic heterocycles. The fourth-order valence-electron chi connectivity index (χ4n) is 3.33. The number of amides is 1. The largest absolute Gasteiger partial charge is 0.322 e. The molecule has 1 amide bonds. The number of rotatable bonds is 6. The highest BCUT2D eigenvalue weighted by molar-refractivity contribution is 7.89. The maximum Gasteiger partial charge on any atom is 0.259 e. The van der Waals surface area contributed by atoms with Crippen molar-refractivity contribution in [3.05, 3.63) is 71.0 Å². The van der Waals surface area contributed by atoms with E-state index in [1.807, 2.05) is 45.0 Å². The van der Waals surface area contributed by atoms with Crippen molar-refractivity contribution in [2.24, 2.45) is 0 Å². The quantitative estimate of drug-likeness (QED) is 0.625. The van der Waals surface area contributed by atoms with Gasteiger partial charge >= 0.3 is 0 Å². The van der Waals surface area contributed by atoms with Crippen LogP contribution in [0.15, 0.2) is 53.6 Å². The fourth-order valence-corrected chi connectivity index (χ4v) is 4.48. The molecular weight excluding hydrogens is 412 g/mol.